The number of carbonyl (C=O) groups is 1. The molecule has 2 heterocycles. The second-order valence-electron chi connectivity index (χ2n) is 7.45. The van der Waals surface area contributed by atoms with E-state index in [-0.39, 0.29) is 17.9 Å². The molecule has 0 radical (unpaired) electrons. The van der Waals surface area contributed by atoms with Crippen LogP contribution in [-0.4, -0.2) is 41.5 Å². The first-order valence-corrected chi connectivity index (χ1v) is 9.56. The Kier molecular flexibility index (Phi) is 6.50. The highest BCUT2D eigenvalue weighted by Crippen LogP contribution is 2.20. The summed E-state index contributed by atoms with van der Waals surface area (Å²) in [6.45, 7) is 7.87. The van der Waals surface area contributed by atoms with Crippen molar-refractivity contribution >= 4 is 6.03 Å². The van der Waals surface area contributed by atoms with Crippen molar-refractivity contribution in [3.05, 3.63) is 59.8 Å². The van der Waals surface area contributed by atoms with Gasteiger partial charge in [0, 0.05) is 32.2 Å². The molecule has 3 rings (SSSR count). The number of hydrogen-bond acceptors (Lipinski definition) is 3. The molecule has 0 unspecified atom stereocenters. The molecule has 27 heavy (non-hydrogen) atoms. The number of benzene rings is 1. The number of amides is 2. The van der Waals surface area contributed by atoms with Gasteiger partial charge in [-0.1, -0.05) is 26.0 Å². The lowest BCUT2D eigenvalue weighted by Crippen LogP contribution is -2.48. The summed E-state index contributed by atoms with van der Waals surface area (Å²) in [5, 5.41) is 2.95. The minimum absolute atomic E-state index is 0.0549. The molecule has 0 spiro atoms. The summed E-state index contributed by atoms with van der Waals surface area (Å²) >= 11 is 0. The van der Waals surface area contributed by atoms with E-state index in [1.807, 2.05) is 29.2 Å². The maximum Gasteiger partial charge on any atom is 0.317 e. The van der Waals surface area contributed by atoms with Gasteiger partial charge in [0.25, 0.3) is 0 Å². The topological polar surface area (TPSA) is 48.7 Å². The molecule has 1 atom stereocenters. The van der Waals surface area contributed by atoms with Gasteiger partial charge >= 0.3 is 6.03 Å². The number of halogens is 1. The predicted octanol–water partition coefficient (Wildman–Crippen LogP) is 3.86. The Bertz CT molecular complexity index is 716. The molecule has 2 aromatic rings. The lowest BCUT2D eigenvalue weighted by atomic mass is 10.0. The fraction of sp³-hybridized carbons (Fsp3) is 0.476. The van der Waals surface area contributed by atoms with Crippen molar-refractivity contribution in [1.82, 2.24) is 15.1 Å². The van der Waals surface area contributed by atoms with Crippen LogP contribution < -0.4 is 5.32 Å². The van der Waals surface area contributed by atoms with Crippen molar-refractivity contribution in [2.45, 2.75) is 39.4 Å². The lowest BCUT2D eigenvalue weighted by Gasteiger charge is -2.34. The highest BCUT2D eigenvalue weighted by Gasteiger charge is 2.29. The maximum absolute atomic E-state index is 13.2. The molecule has 6 heteroatoms. The van der Waals surface area contributed by atoms with E-state index in [1.54, 1.807) is 6.26 Å². The van der Waals surface area contributed by atoms with E-state index in [2.05, 4.69) is 24.1 Å². The Balaban J connectivity index is 1.63. The highest BCUT2D eigenvalue weighted by molar-refractivity contribution is 5.74. The summed E-state index contributed by atoms with van der Waals surface area (Å²) in [4.78, 5) is 16.9. The van der Waals surface area contributed by atoms with Crippen LogP contribution in [-0.2, 0) is 13.1 Å². The van der Waals surface area contributed by atoms with Gasteiger partial charge in [0.2, 0.25) is 0 Å². The molecule has 2 amide bonds. The molecule has 1 aromatic heterocycles. The minimum atomic E-state index is -0.213. The second-order valence-corrected chi connectivity index (χ2v) is 7.45. The fourth-order valence-electron chi connectivity index (χ4n) is 3.59. The molecule has 1 aliphatic rings. The summed E-state index contributed by atoms with van der Waals surface area (Å²) in [6.07, 6.45) is 2.52. The van der Waals surface area contributed by atoms with E-state index in [0.717, 1.165) is 37.4 Å². The van der Waals surface area contributed by atoms with E-state index in [0.29, 0.717) is 19.0 Å². The lowest BCUT2D eigenvalue weighted by molar-refractivity contribution is 0.135. The highest BCUT2D eigenvalue weighted by atomic mass is 19.1. The first-order valence-electron chi connectivity index (χ1n) is 9.56. The van der Waals surface area contributed by atoms with Crippen molar-refractivity contribution in [2.75, 3.05) is 19.6 Å². The number of carbonyl (C=O) groups excluding carboxylic acids is 1. The SMILES string of the molecule is CC(C)[C@@H]1CN(C(=O)NCc2ccco2)CCCN1Cc1ccc(F)cc1. The molecule has 146 valence electrons. The quantitative estimate of drug-likeness (QED) is 0.866. The zero-order chi connectivity index (χ0) is 19.2. The van der Waals surface area contributed by atoms with Gasteiger partial charge < -0.3 is 14.6 Å². The van der Waals surface area contributed by atoms with Crippen molar-refractivity contribution in [3.63, 3.8) is 0 Å². The van der Waals surface area contributed by atoms with Crippen LogP contribution >= 0.6 is 0 Å². The summed E-state index contributed by atoms with van der Waals surface area (Å²) < 4.78 is 18.5. The normalized spacial score (nSPS) is 18.5. The summed E-state index contributed by atoms with van der Waals surface area (Å²) in [7, 11) is 0. The molecular formula is C21H28FN3O2. The molecule has 0 bridgehead atoms. The van der Waals surface area contributed by atoms with Gasteiger partial charge in [-0.05, 0) is 42.2 Å². The monoisotopic (exact) mass is 373 g/mol. The minimum Gasteiger partial charge on any atom is -0.467 e. The first kappa shape index (κ1) is 19.4. The zero-order valence-electron chi connectivity index (χ0n) is 16.0. The van der Waals surface area contributed by atoms with Crippen LogP contribution in [0.2, 0.25) is 0 Å². The van der Waals surface area contributed by atoms with Crippen LogP contribution in [0.1, 0.15) is 31.6 Å². The van der Waals surface area contributed by atoms with Crippen molar-refractivity contribution in [3.8, 4) is 0 Å². The molecule has 1 N–H and O–H groups in total. The standard InChI is InChI=1S/C21H28FN3O2/c1-16(2)20-15-25(21(26)23-13-19-5-3-12-27-19)11-4-10-24(20)14-17-6-8-18(22)9-7-17/h3,5-9,12,16,20H,4,10-11,13-15H2,1-2H3,(H,23,26)/t20-/m0/s1. The molecule has 1 fully saturated rings. The summed E-state index contributed by atoms with van der Waals surface area (Å²) in [6, 6.07) is 10.6. The molecule has 0 aliphatic carbocycles. The Morgan fingerprint density at radius 2 is 2.04 bits per heavy atom. The first-order chi connectivity index (χ1) is 13.0. The van der Waals surface area contributed by atoms with E-state index < -0.39 is 0 Å². The van der Waals surface area contributed by atoms with Gasteiger partial charge in [-0.2, -0.15) is 0 Å². The molecule has 1 aliphatic heterocycles. The van der Waals surface area contributed by atoms with Gasteiger partial charge in [-0.25, -0.2) is 9.18 Å². The van der Waals surface area contributed by atoms with Crippen LogP contribution in [0.15, 0.2) is 47.1 Å². The van der Waals surface area contributed by atoms with Gasteiger partial charge in [-0.15, -0.1) is 0 Å². The number of hydrogen-bond donors (Lipinski definition) is 1. The number of nitrogens with one attached hydrogen (secondary N) is 1. The van der Waals surface area contributed by atoms with Gasteiger partial charge in [-0.3, -0.25) is 4.90 Å². The summed E-state index contributed by atoms with van der Waals surface area (Å²) in [5.41, 5.74) is 1.10. The van der Waals surface area contributed by atoms with E-state index in [1.165, 1.54) is 12.1 Å². The van der Waals surface area contributed by atoms with Gasteiger partial charge in [0.15, 0.2) is 0 Å². The molecule has 5 nitrogen and oxygen atoms in total. The zero-order valence-corrected chi connectivity index (χ0v) is 16.0. The molecule has 1 aromatic carbocycles. The van der Waals surface area contributed by atoms with Crippen LogP contribution in [0.25, 0.3) is 0 Å². The van der Waals surface area contributed by atoms with Gasteiger partial charge in [0.05, 0.1) is 12.8 Å². The number of furan rings is 1. The largest absolute Gasteiger partial charge is 0.467 e. The Morgan fingerprint density at radius 3 is 2.70 bits per heavy atom. The molecule has 1 saturated heterocycles. The third-order valence-electron chi connectivity index (χ3n) is 5.10. The Labute approximate surface area is 160 Å². The number of nitrogens with zero attached hydrogens (tertiary/aromatic N) is 2. The van der Waals surface area contributed by atoms with E-state index in [4.69, 9.17) is 4.42 Å². The average molecular weight is 373 g/mol. The summed E-state index contributed by atoms with van der Waals surface area (Å²) in [5.74, 6) is 0.940. The number of rotatable bonds is 5. The third kappa shape index (κ3) is 5.32. The van der Waals surface area contributed by atoms with Crippen LogP contribution in [0.4, 0.5) is 9.18 Å². The maximum atomic E-state index is 13.2. The fourth-order valence-corrected chi connectivity index (χ4v) is 3.59. The van der Waals surface area contributed by atoms with Crippen LogP contribution in [0.3, 0.4) is 0 Å². The molecular weight excluding hydrogens is 345 g/mol. The third-order valence-corrected chi connectivity index (χ3v) is 5.10. The predicted molar refractivity (Wildman–Crippen MR) is 103 cm³/mol. The number of urea groups is 1. The van der Waals surface area contributed by atoms with Crippen molar-refractivity contribution in [2.24, 2.45) is 5.92 Å². The Hall–Kier alpha value is -2.34. The van der Waals surface area contributed by atoms with Crippen LogP contribution in [0, 0.1) is 11.7 Å². The smallest absolute Gasteiger partial charge is 0.317 e. The van der Waals surface area contributed by atoms with E-state index >= 15 is 0 Å². The van der Waals surface area contributed by atoms with Crippen molar-refractivity contribution in [1.29, 1.82) is 0 Å². The van der Waals surface area contributed by atoms with E-state index in [9.17, 15) is 9.18 Å². The average Bonchev–Trinajstić information content (AvgIpc) is 3.08. The Morgan fingerprint density at radius 1 is 1.26 bits per heavy atom. The van der Waals surface area contributed by atoms with Gasteiger partial charge in [0.1, 0.15) is 11.6 Å². The second kappa shape index (κ2) is 9.04. The van der Waals surface area contributed by atoms with Crippen molar-refractivity contribution < 1.29 is 13.6 Å². The molecule has 0 saturated carbocycles. The van der Waals surface area contributed by atoms with Crippen LogP contribution in [0.5, 0.6) is 0 Å².